The number of Topliss-reactive ketones (excluding diaryl/α,β-unsaturated/α-hetero) is 1. The van der Waals surface area contributed by atoms with Crippen molar-refractivity contribution < 1.29 is 4.79 Å². The number of fused-ring (bicyclic) bond motifs is 1. The van der Waals surface area contributed by atoms with Crippen LogP contribution in [0.25, 0.3) is 0 Å². The summed E-state index contributed by atoms with van der Waals surface area (Å²) < 4.78 is 0. The van der Waals surface area contributed by atoms with E-state index in [1.165, 1.54) is 22.3 Å². The molecule has 14 heavy (non-hydrogen) atoms. The first-order chi connectivity index (χ1) is 6.83. The summed E-state index contributed by atoms with van der Waals surface area (Å²) in [7, 11) is 0. The van der Waals surface area contributed by atoms with Gasteiger partial charge in [0.25, 0.3) is 0 Å². The lowest BCUT2D eigenvalue weighted by molar-refractivity contribution is -0.117. The van der Waals surface area contributed by atoms with E-state index in [-0.39, 0.29) is 0 Å². The molecule has 2 aliphatic carbocycles. The Morgan fingerprint density at radius 3 is 1.79 bits per heavy atom. The Kier molecular flexibility index (Phi) is 1.60. The Morgan fingerprint density at radius 2 is 1.29 bits per heavy atom. The van der Waals surface area contributed by atoms with Crippen LogP contribution in [-0.2, 0) is 17.6 Å². The summed E-state index contributed by atoms with van der Waals surface area (Å²) >= 11 is 0. The third-order valence-corrected chi connectivity index (χ3v) is 3.25. The van der Waals surface area contributed by atoms with Crippen LogP contribution < -0.4 is 0 Å². The van der Waals surface area contributed by atoms with E-state index in [4.69, 9.17) is 0 Å². The monoisotopic (exact) mass is 184 g/mol. The molecule has 0 N–H and O–H groups in total. The maximum Gasteiger partial charge on any atom is 0.140 e. The number of allylic oxidation sites excluding steroid dienone is 2. The highest BCUT2D eigenvalue weighted by molar-refractivity contribution is 5.87. The van der Waals surface area contributed by atoms with Crippen LogP contribution in [0.3, 0.4) is 0 Å². The molecule has 2 aliphatic rings. The molecule has 0 saturated heterocycles. The lowest BCUT2D eigenvalue weighted by Crippen LogP contribution is -2.04. The molecule has 0 fully saturated rings. The van der Waals surface area contributed by atoms with Crippen LogP contribution in [0.15, 0.2) is 35.4 Å². The minimum atomic E-state index is 0.405. The van der Waals surface area contributed by atoms with Crippen LogP contribution in [0, 0.1) is 0 Å². The maximum absolute atomic E-state index is 11.3. The predicted octanol–water partition coefficient (Wildman–Crippen LogP) is 2.44. The first-order valence-corrected chi connectivity index (χ1v) is 5.11. The van der Waals surface area contributed by atoms with Gasteiger partial charge in [-0.25, -0.2) is 0 Å². The van der Waals surface area contributed by atoms with E-state index in [0.717, 1.165) is 12.8 Å². The van der Waals surface area contributed by atoms with Crippen LogP contribution in [0.1, 0.15) is 24.0 Å². The molecule has 0 atom stereocenters. The third-order valence-electron chi connectivity index (χ3n) is 3.25. The van der Waals surface area contributed by atoms with Gasteiger partial charge in [-0.3, -0.25) is 4.79 Å². The molecular formula is C13H12O. The zero-order valence-electron chi connectivity index (χ0n) is 8.05. The Morgan fingerprint density at radius 1 is 0.786 bits per heavy atom. The summed E-state index contributed by atoms with van der Waals surface area (Å²) in [5.74, 6) is 0.405. The second-order valence-electron chi connectivity index (χ2n) is 4.22. The van der Waals surface area contributed by atoms with E-state index in [2.05, 4.69) is 24.3 Å². The highest BCUT2D eigenvalue weighted by atomic mass is 16.1. The van der Waals surface area contributed by atoms with Gasteiger partial charge in [0.05, 0.1) is 0 Å². The Balaban J connectivity index is 2.01. The van der Waals surface area contributed by atoms with Gasteiger partial charge in [0.2, 0.25) is 0 Å². The smallest absolute Gasteiger partial charge is 0.140 e. The summed E-state index contributed by atoms with van der Waals surface area (Å²) in [6.45, 7) is 0. The van der Waals surface area contributed by atoms with Gasteiger partial charge in [0, 0.05) is 12.8 Å². The first kappa shape index (κ1) is 7.98. The fourth-order valence-electron chi connectivity index (χ4n) is 2.53. The maximum atomic E-state index is 11.3. The molecule has 0 heterocycles. The van der Waals surface area contributed by atoms with E-state index < -0.39 is 0 Å². The minimum absolute atomic E-state index is 0.405. The van der Waals surface area contributed by atoms with Gasteiger partial charge >= 0.3 is 0 Å². The summed E-state index contributed by atoms with van der Waals surface area (Å²) in [5, 5.41) is 0. The third kappa shape index (κ3) is 1.12. The molecule has 1 heteroatoms. The molecule has 1 nitrogen and oxygen atoms in total. The van der Waals surface area contributed by atoms with Crippen molar-refractivity contribution in [1.82, 2.24) is 0 Å². The standard InChI is InChI=1S/C13H12O/c14-13-7-11-5-9-3-1-2-4-10(9)6-12(11)8-13/h1-4H,5-8H2. The summed E-state index contributed by atoms with van der Waals surface area (Å²) in [6, 6.07) is 8.53. The molecule has 0 aromatic heterocycles. The van der Waals surface area contributed by atoms with E-state index in [0.29, 0.717) is 18.6 Å². The van der Waals surface area contributed by atoms with Crippen molar-refractivity contribution >= 4 is 5.78 Å². The Hall–Kier alpha value is -1.37. The molecule has 0 amide bonds. The van der Waals surface area contributed by atoms with E-state index in [1.54, 1.807) is 0 Å². The molecule has 3 rings (SSSR count). The van der Waals surface area contributed by atoms with Gasteiger partial charge in [-0.15, -0.1) is 0 Å². The lowest BCUT2D eigenvalue weighted by atomic mass is 9.88. The quantitative estimate of drug-likeness (QED) is 0.566. The molecule has 0 spiro atoms. The van der Waals surface area contributed by atoms with Crippen LogP contribution >= 0.6 is 0 Å². The highest BCUT2D eigenvalue weighted by Gasteiger charge is 2.25. The number of hydrogen-bond acceptors (Lipinski definition) is 1. The normalized spacial score (nSPS) is 19.6. The van der Waals surface area contributed by atoms with E-state index >= 15 is 0 Å². The first-order valence-electron chi connectivity index (χ1n) is 5.11. The number of benzene rings is 1. The second-order valence-corrected chi connectivity index (χ2v) is 4.22. The summed E-state index contributed by atoms with van der Waals surface area (Å²) in [5.41, 5.74) is 5.63. The number of carbonyl (C=O) groups excluding carboxylic acids is 1. The minimum Gasteiger partial charge on any atom is -0.299 e. The van der Waals surface area contributed by atoms with Crippen molar-refractivity contribution in [2.24, 2.45) is 0 Å². The Bertz CT molecular complexity index is 401. The average molecular weight is 184 g/mol. The van der Waals surface area contributed by atoms with Gasteiger partial charge in [-0.1, -0.05) is 35.4 Å². The number of ketones is 1. The van der Waals surface area contributed by atoms with Gasteiger partial charge in [0.15, 0.2) is 0 Å². The fourth-order valence-corrected chi connectivity index (χ4v) is 2.53. The number of rotatable bonds is 0. The van der Waals surface area contributed by atoms with Crippen molar-refractivity contribution in [2.75, 3.05) is 0 Å². The zero-order valence-corrected chi connectivity index (χ0v) is 8.05. The van der Waals surface area contributed by atoms with Crippen molar-refractivity contribution in [3.05, 3.63) is 46.5 Å². The largest absolute Gasteiger partial charge is 0.299 e. The molecule has 0 radical (unpaired) electrons. The van der Waals surface area contributed by atoms with Gasteiger partial charge in [-0.05, 0) is 24.0 Å². The highest BCUT2D eigenvalue weighted by Crippen LogP contribution is 2.34. The predicted molar refractivity (Wildman–Crippen MR) is 55.1 cm³/mol. The number of carbonyl (C=O) groups is 1. The molecule has 0 saturated carbocycles. The van der Waals surface area contributed by atoms with Crippen molar-refractivity contribution in [3.63, 3.8) is 0 Å². The second kappa shape index (κ2) is 2.81. The molecule has 0 aliphatic heterocycles. The molecule has 1 aromatic rings. The zero-order chi connectivity index (χ0) is 9.54. The van der Waals surface area contributed by atoms with Gasteiger partial charge < -0.3 is 0 Å². The molecule has 1 aromatic carbocycles. The lowest BCUT2D eigenvalue weighted by Gasteiger charge is -2.17. The van der Waals surface area contributed by atoms with Crippen molar-refractivity contribution in [3.8, 4) is 0 Å². The fraction of sp³-hybridized carbons (Fsp3) is 0.308. The molecule has 0 unspecified atom stereocenters. The molecular weight excluding hydrogens is 172 g/mol. The summed E-state index contributed by atoms with van der Waals surface area (Å²) in [6.07, 6.45) is 3.45. The topological polar surface area (TPSA) is 17.1 Å². The Labute approximate surface area is 83.4 Å². The van der Waals surface area contributed by atoms with Crippen LogP contribution in [0.5, 0.6) is 0 Å². The van der Waals surface area contributed by atoms with E-state index in [9.17, 15) is 4.79 Å². The summed E-state index contributed by atoms with van der Waals surface area (Å²) in [4.78, 5) is 11.3. The molecule has 70 valence electrons. The van der Waals surface area contributed by atoms with Gasteiger partial charge in [0.1, 0.15) is 5.78 Å². The molecule has 0 bridgehead atoms. The average Bonchev–Trinajstić information content (AvgIpc) is 2.53. The SMILES string of the molecule is O=C1CC2=C(C1)Cc1ccccc1C2. The van der Waals surface area contributed by atoms with Crippen LogP contribution in [-0.4, -0.2) is 5.78 Å². The number of hydrogen-bond donors (Lipinski definition) is 0. The van der Waals surface area contributed by atoms with Crippen molar-refractivity contribution in [2.45, 2.75) is 25.7 Å². The van der Waals surface area contributed by atoms with Crippen molar-refractivity contribution in [1.29, 1.82) is 0 Å². The van der Waals surface area contributed by atoms with E-state index in [1.807, 2.05) is 0 Å². The van der Waals surface area contributed by atoms with Crippen LogP contribution in [0.2, 0.25) is 0 Å². The van der Waals surface area contributed by atoms with Gasteiger partial charge in [-0.2, -0.15) is 0 Å². The van der Waals surface area contributed by atoms with Crippen LogP contribution in [0.4, 0.5) is 0 Å².